The second kappa shape index (κ2) is 9.83. The molecule has 0 spiro atoms. The standard InChI is InChI=1S/C24H24Cl2F3N3O4S/c1-22(2,21(33)34)10-15-31-32-19(36-15)20-30-14(9-11-5-4-6-11)18(37-20)12-7-8-13(17(26)16(12)25)23(3,35)24(27,28)29/h7-8,11,35H,4-6,9-10H2,1-3H3,(H,33,34). The summed E-state index contributed by atoms with van der Waals surface area (Å²) < 4.78 is 46.0. The zero-order valence-electron chi connectivity index (χ0n) is 20.1. The Morgan fingerprint density at radius 2 is 1.84 bits per heavy atom. The Kier molecular flexibility index (Phi) is 7.39. The molecule has 2 aromatic heterocycles. The van der Waals surface area contributed by atoms with Crippen molar-refractivity contribution in [3.05, 3.63) is 39.3 Å². The third-order valence-corrected chi connectivity index (χ3v) is 8.63. The maximum absolute atomic E-state index is 13.4. The number of aliphatic hydroxyl groups is 1. The SMILES string of the molecule is CC(C)(Cc1nnc(-c2nc(CC3CCC3)c(-c3ccc(C(C)(O)C(F)(F)F)c(Cl)c3Cl)s2)o1)C(=O)O. The van der Waals surface area contributed by atoms with Crippen molar-refractivity contribution in [2.24, 2.45) is 11.3 Å². The number of alkyl halides is 3. The van der Waals surface area contributed by atoms with E-state index in [2.05, 4.69) is 15.2 Å². The molecule has 1 aromatic carbocycles. The Labute approximate surface area is 224 Å². The second-order valence-corrected chi connectivity index (χ2v) is 11.8. The summed E-state index contributed by atoms with van der Waals surface area (Å²) in [5, 5.41) is 27.3. The number of aliphatic carboxylic acids is 1. The average Bonchev–Trinajstić information content (AvgIpc) is 3.38. The maximum atomic E-state index is 13.4. The number of aromatic nitrogens is 3. The molecule has 1 saturated carbocycles. The van der Waals surface area contributed by atoms with Crippen LogP contribution in [0.2, 0.25) is 10.0 Å². The molecule has 7 nitrogen and oxygen atoms in total. The second-order valence-electron chi connectivity index (χ2n) is 10.0. The number of nitrogens with zero attached hydrogens (tertiary/aromatic N) is 3. The summed E-state index contributed by atoms with van der Waals surface area (Å²) in [4.78, 5) is 16.7. The zero-order chi connectivity index (χ0) is 27.3. The van der Waals surface area contributed by atoms with Gasteiger partial charge in [-0.15, -0.1) is 21.5 Å². The van der Waals surface area contributed by atoms with Crippen LogP contribution in [0, 0.1) is 11.3 Å². The Bertz CT molecular complexity index is 1330. The minimum Gasteiger partial charge on any atom is -0.481 e. The minimum atomic E-state index is -4.96. The van der Waals surface area contributed by atoms with Crippen LogP contribution in [0.4, 0.5) is 13.2 Å². The average molecular weight is 578 g/mol. The van der Waals surface area contributed by atoms with Gasteiger partial charge in [-0.05, 0) is 33.1 Å². The Morgan fingerprint density at radius 3 is 2.41 bits per heavy atom. The van der Waals surface area contributed by atoms with E-state index >= 15 is 0 Å². The van der Waals surface area contributed by atoms with E-state index in [1.54, 1.807) is 13.8 Å². The summed E-state index contributed by atoms with van der Waals surface area (Å²) >= 11 is 13.9. The molecule has 4 rings (SSSR count). The van der Waals surface area contributed by atoms with Crippen molar-refractivity contribution >= 4 is 40.5 Å². The van der Waals surface area contributed by atoms with Crippen molar-refractivity contribution in [1.29, 1.82) is 0 Å². The van der Waals surface area contributed by atoms with Gasteiger partial charge in [0, 0.05) is 17.5 Å². The van der Waals surface area contributed by atoms with Gasteiger partial charge in [-0.1, -0.05) is 54.6 Å². The number of carboxylic acids is 1. The summed E-state index contributed by atoms with van der Waals surface area (Å²) in [6.07, 6.45) is -1.15. The number of thiazole rings is 1. The molecule has 200 valence electrons. The first-order valence-electron chi connectivity index (χ1n) is 11.5. The lowest BCUT2D eigenvalue weighted by atomic mass is 9.82. The summed E-state index contributed by atoms with van der Waals surface area (Å²) in [5.41, 5.74) is -3.81. The molecule has 3 aromatic rings. The van der Waals surface area contributed by atoms with Gasteiger partial charge < -0.3 is 14.6 Å². The van der Waals surface area contributed by atoms with Crippen LogP contribution in [0.3, 0.4) is 0 Å². The van der Waals surface area contributed by atoms with Crippen molar-refractivity contribution < 1.29 is 32.6 Å². The monoisotopic (exact) mass is 577 g/mol. The van der Waals surface area contributed by atoms with Gasteiger partial charge in [-0.25, -0.2) is 4.98 Å². The highest BCUT2D eigenvalue weighted by Gasteiger charge is 2.52. The van der Waals surface area contributed by atoms with E-state index in [1.165, 1.54) is 17.4 Å². The quantitative estimate of drug-likeness (QED) is 0.298. The van der Waals surface area contributed by atoms with Gasteiger partial charge in [0.2, 0.25) is 5.89 Å². The topological polar surface area (TPSA) is 109 Å². The van der Waals surface area contributed by atoms with Gasteiger partial charge in [0.05, 0.1) is 26.0 Å². The van der Waals surface area contributed by atoms with E-state index in [0.29, 0.717) is 40.4 Å². The summed E-state index contributed by atoms with van der Waals surface area (Å²) in [7, 11) is 0. The molecule has 2 N–H and O–H groups in total. The zero-order valence-corrected chi connectivity index (χ0v) is 22.4. The Morgan fingerprint density at radius 1 is 1.16 bits per heavy atom. The molecule has 13 heteroatoms. The first kappa shape index (κ1) is 27.8. The van der Waals surface area contributed by atoms with Crippen molar-refractivity contribution in [3.63, 3.8) is 0 Å². The van der Waals surface area contributed by atoms with Crippen LogP contribution in [0.25, 0.3) is 21.3 Å². The van der Waals surface area contributed by atoms with Gasteiger partial charge in [0.1, 0.15) is 0 Å². The summed E-state index contributed by atoms with van der Waals surface area (Å²) in [6, 6.07) is 2.50. The lowest BCUT2D eigenvalue weighted by Crippen LogP contribution is -2.39. The smallest absolute Gasteiger partial charge is 0.421 e. The van der Waals surface area contributed by atoms with E-state index in [0.717, 1.165) is 25.3 Å². The van der Waals surface area contributed by atoms with E-state index in [1.807, 2.05) is 0 Å². The van der Waals surface area contributed by atoms with Crippen LogP contribution in [0.5, 0.6) is 0 Å². The molecule has 1 fully saturated rings. The molecular formula is C24H24Cl2F3N3O4S. The van der Waals surface area contributed by atoms with Crippen LogP contribution < -0.4 is 0 Å². The van der Waals surface area contributed by atoms with Crippen molar-refractivity contribution in [2.45, 2.75) is 64.7 Å². The normalized spacial score (nSPS) is 16.5. The van der Waals surface area contributed by atoms with Crippen molar-refractivity contribution in [2.75, 3.05) is 0 Å². The Hall–Kier alpha value is -2.21. The van der Waals surface area contributed by atoms with Gasteiger partial charge in [-0.3, -0.25) is 4.79 Å². The Balaban J connectivity index is 1.75. The first-order chi connectivity index (χ1) is 17.1. The van der Waals surface area contributed by atoms with Gasteiger partial charge in [0.25, 0.3) is 5.89 Å². The fraction of sp³-hybridized carbons (Fsp3) is 0.500. The maximum Gasteiger partial charge on any atom is 0.421 e. The molecule has 0 bridgehead atoms. The molecule has 2 heterocycles. The molecule has 1 unspecified atom stereocenters. The molecule has 0 aliphatic heterocycles. The van der Waals surface area contributed by atoms with Gasteiger partial charge >= 0.3 is 12.1 Å². The fourth-order valence-electron chi connectivity index (χ4n) is 3.88. The highest BCUT2D eigenvalue weighted by molar-refractivity contribution is 7.18. The van der Waals surface area contributed by atoms with E-state index in [4.69, 9.17) is 27.6 Å². The molecule has 0 radical (unpaired) electrons. The molecule has 1 aliphatic rings. The lowest BCUT2D eigenvalue weighted by molar-refractivity contribution is -0.258. The van der Waals surface area contributed by atoms with Crippen LogP contribution in [-0.4, -0.2) is 37.5 Å². The number of hydrogen-bond acceptors (Lipinski definition) is 7. The summed E-state index contributed by atoms with van der Waals surface area (Å²) in [5.74, 6) is -0.366. The van der Waals surface area contributed by atoms with Crippen molar-refractivity contribution in [3.8, 4) is 21.3 Å². The van der Waals surface area contributed by atoms with Gasteiger partial charge in [-0.2, -0.15) is 13.2 Å². The van der Waals surface area contributed by atoms with E-state index in [-0.39, 0.29) is 23.2 Å². The molecule has 0 amide bonds. The van der Waals surface area contributed by atoms with E-state index < -0.39 is 33.7 Å². The lowest BCUT2D eigenvalue weighted by Gasteiger charge is -2.28. The third-order valence-electron chi connectivity index (χ3n) is 6.63. The predicted octanol–water partition coefficient (Wildman–Crippen LogP) is 6.93. The number of hydrogen-bond donors (Lipinski definition) is 2. The van der Waals surface area contributed by atoms with Crippen LogP contribution in [-0.2, 0) is 23.2 Å². The van der Waals surface area contributed by atoms with Crippen molar-refractivity contribution in [1.82, 2.24) is 15.2 Å². The number of carbonyl (C=O) groups is 1. The largest absolute Gasteiger partial charge is 0.481 e. The fourth-order valence-corrected chi connectivity index (χ4v) is 5.59. The number of halogens is 5. The first-order valence-corrected chi connectivity index (χ1v) is 13.0. The van der Waals surface area contributed by atoms with Crippen LogP contribution in [0.1, 0.15) is 57.2 Å². The summed E-state index contributed by atoms with van der Waals surface area (Å²) in [6.45, 7) is 3.71. The highest BCUT2D eigenvalue weighted by atomic mass is 35.5. The van der Waals surface area contributed by atoms with Crippen LogP contribution >= 0.6 is 34.5 Å². The van der Waals surface area contributed by atoms with E-state index in [9.17, 15) is 28.2 Å². The number of benzene rings is 1. The molecule has 0 saturated heterocycles. The minimum absolute atomic E-state index is 0.0184. The molecule has 1 atom stereocenters. The predicted molar refractivity (Wildman–Crippen MR) is 133 cm³/mol. The van der Waals surface area contributed by atoms with Crippen LogP contribution in [0.15, 0.2) is 16.5 Å². The number of rotatable bonds is 8. The van der Waals surface area contributed by atoms with Gasteiger partial charge in [0.15, 0.2) is 10.6 Å². The highest BCUT2D eigenvalue weighted by Crippen LogP contribution is 2.48. The number of carboxylic acid groups (broad SMARTS) is 1. The molecule has 1 aliphatic carbocycles. The molecular weight excluding hydrogens is 554 g/mol. The third kappa shape index (κ3) is 5.36. The molecule has 37 heavy (non-hydrogen) atoms.